The summed E-state index contributed by atoms with van der Waals surface area (Å²) in [7, 11) is 0. The maximum atomic E-state index is 13.2. The van der Waals surface area contributed by atoms with Crippen LogP contribution >= 0.6 is 13.5 Å². The number of ether oxygens (including phenoxy) is 1. The van der Waals surface area contributed by atoms with Gasteiger partial charge < -0.3 is 14.6 Å². The number of rotatable bonds is 9. The van der Waals surface area contributed by atoms with Crippen LogP contribution in [-0.2, 0) is 24.4 Å². The van der Waals surface area contributed by atoms with E-state index in [2.05, 4.69) is 41.1 Å². The number of nitrogens with one attached hydrogen (secondary N) is 1. The molecular weight excluding hydrogens is 496 g/mol. The third-order valence-corrected chi connectivity index (χ3v) is 7.21. The van der Waals surface area contributed by atoms with E-state index in [1.54, 1.807) is 9.47 Å². The fourth-order valence-corrected chi connectivity index (χ4v) is 5.15. The largest absolute Gasteiger partial charge is 0.448 e. The Morgan fingerprint density at radius 2 is 1.58 bits per heavy atom. The average molecular weight is 533 g/mol. The Labute approximate surface area is 230 Å². The lowest BCUT2D eigenvalue weighted by molar-refractivity contribution is 0.0601. The van der Waals surface area contributed by atoms with E-state index in [1.807, 2.05) is 60.7 Å². The standard InChI is InChI=1S/C30H34N4O3.H2S/c1-23(32(19-24-11-4-2-5-12-24)20-25-13-6-3-7-14-25)22-37-30(36)33-18-10-15-26(33)21-34-28-17-9-8-16-27(28)31-29(34)35;/h2-9,11-14,16-17,23,26H,10,15,18-22H2,1H3,(H,31,35);1H2/t23-,26?;/m0./s1. The molecule has 4 aromatic rings. The van der Waals surface area contributed by atoms with Gasteiger partial charge in [0, 0.05) is 32.2 Å². The van der Waals surface area contributed by atoms with E-state index in [9.17, 15) is 9.59 Å². The number of amides is 1. The first-order chi connectivity index (χ1) is 18.1. The van der Waals surface area contributed by atoms with E-state index in [-0.39, 0.29) is 37.4 Å². The number of nitrogens with zero attached hydrogens (tertiary/aromatic N) is 3. The second-order valence-corrected chi connectivity index (χ2v) is 9.85. The summed E-state index contributed by atoms with van der Waals surface area (Å²) in [6.07, 6.45) is 1.45. The maximum absolute atomic E-state index is 13.2. The highest BCUT2D eigenvalue weighted by Crippen LogP contribution is 2.22. The Morgan fingerprint density at radius 1 is 0.974 bits per heavy atom. The van der Waals surface area contributed by atoms with Gasteiger partial charge in [-0.15, -0.1) is 0 Å². The fraction of sp³-hybridized carbons (Fsp3) is 0.333. The first-order valence-corrected chi connectivity index (χ1v) is 13.0. The monoisotopic (exact) mass is 532 g/mol. The summed E-state index contributed by atoms with van der Waals surface area (Å²) in [6, 6.07) is 28.3. The zero-order valence-electron chi connectivity index (χ0n) is 21.8. The van der Waals surface area contributed by atoms with Crippen molar-refractivity contribution in [3.63, 3.8) is 0 Å². The van der Waals surface area contributed by atoms with Crippen LogP contribution in [0.4, 0.5) is 4.79 Å². The second kappa shape index (κ2) is 12.8. The van der Waals surface area contributed by atoms with Crippen LogP contribution in [0.3, 0.4) is 0 Å². The molecule has 0 spiro atoms. The van der Waals surface area contributed by atoms with E-state index >= 15 is 0 Å². The highest BCUT2D eigenvalue weighted by atomic mass is 32.1. The predicted octanol–water partition coefficient (Wildman–Crippen LogP) is 5.13. The number of benzene rings is 3. The van der Waals surface area contributed by atoms with Crippen LogP contribution in [0.2, 0.25) is 0 Å². The first kappa shape index (κ1) is 27.5. The molecule has 38 heavy (non-hydrogen) atoms. The highest BCUT2D eigenvalue weighted by Gasteiger charge is 2.31. The molecule has 2 atom stereocenters. The minimum Gasteiger partial charge on any atom is -0.448 e. The van der Waals surface area contributed by atoms with Gasteiger partial charge in [-0.3, -0.25) is 9.47 Å². The van der Waals surface area contributed by atoms with Gasteiger partial charge in [0.1, 0.15) is 6.61 Å². The lowest BCUT2D eigenvalue weighted by Gasteiger charge is -2.30. The smallest absolute Gasteiger partial charge is 0.410 e. The number of hydrogen-bond acceptors (Lipinski definition) is 4. The summed E-state index contributed by atoms with van der Waals surface area (Å²) in [5.41, 5.74) is 3.97. The lowest BCUT2D eigenvalue weighted by atomic mass is 10.1. The van der Waals surface area contributed by atoms with E-state index < -0.39 is 0 Å². The number of H-pyrrole nitrogens is 1. The average Bonchev–Trinajstić information content (AvgIpc) is 3.52. The third kappa shape index (κ3) is 6.49. The molecule has 1 unspecified atom stereocenters. The van der Waals surface area contributed by atoms with Gasteiger partial charge >= 0.3 is 11.8 Å². The Morgan fingerprint density at radius 3 is 2.24 bits per heavy atom. The van der Waals surface area contributed by atoms with Crippen LogP contribution in [0.15, 0.2) is 89.7 Å². The molecule has 8 heteroatoms. The molecule has 1 aliphatic heterocycles. The molecule has 2 heterocycles. The van der Waals surface area contributed by atoms with Crippen molar-refractivity contribution in [1.82, 2.24) is 19.4 Å². The molecule has 1 amide bonds. The molecule has 0 radical (unpaired) electrons. The lowest BCUT2D eigenvalue weighted by Crippen LogP contribution is -2.42. The molecule has 1 aromatic heterocycles. The maximum Gasteiger partial charge on any atom is 0.410 e. The van der Waals surface area contributed by atoms with Gasteiger partial charge in [0.25, 0.3) is 0 Å². The normalized spacial score (nSPS) is 15.9. The van der Waals surface area contributed by atoms with Crippen molar-refractivity contribution < 1.29 is 9.53 Å². The summed E-state index contributed by atoms with van der Waals surface area (Å²) >= 11 is 0. The Hall–Kier alpha value is -3.49. The van der Waals surface area contributed by atoms with Gasteiger partial charge in [-0.05, 0) is 43.0 Å². The van der Waals surface area contributed by atoms with Crippen LogP contribution in [0, 0.1) is 0 Å². The van der Waals surface area contributed by atoms with Crippen molar-refractivity contribution in [2.45, 2.75) is 51.5 Å². The molecule has 0 saturated carbocycles. The summed E-state index contributed by atoms with van der Waals surface area (Å²) in [4.78, 5) is 32.8. The minimum atomic E-state index is -0.304. The van der Waals surface area contributed by atoms with Crippen LogP contribution in [0.5, 0.6) is 0 Å². The molecular formula is C30H36N4O3S. The fourth-order valence-electron chi connectivity index (χ4n) is 5.15. The molecule has 3 aromatic carbocycles. The third-order valence-electron chi connectivity index (χ3n) is 7.21. The second-order valence-electron chi connectivity index (χ2n) is 9.85. The number of carbonyl (C=O) groups excluding carboxylic acids is 1. The van der Waals surface area contributed by atoms with Gasteiger partial charge in [0.2, 0.25) is 0 Å². The molecule has 5 rings (SSSR count). The number of imidazole rings is 1. The van der Waals surface area contributed by atoms with Crippen LogP contribution in [-0.4, -0.2) is 50.7 Å². The van der Waals surface area contributed by atoms with Crippen LogP contribution < -0.4 is 5.69 Å². The Kier molecular flexibility index (Phi) is 9.31. The molecule has 1 saturated heterocycles. The summed E-state index contributed by atoms with van der Waals surface area (Å²) in [5, 5.41) is 0. The zero-order valence-corrected chi connectivity index (χ0v) is 22.8. The number of hydrogen-bond donors (Lipinski definition) is 1. The molecule has 7 nitrogen and oxygen atoms in total. The quantitative estimate of drug-likeness (QED) is 0.324. The minimum absolute atomic E-state index is 0. The Balaban J connectivity index is 0.00000336. The predicted molar refractivity (Wildman–Crippen MR) is 156 cm³/mol. The van der Waals surface area contributed by atoms with Crippen molar-refractivity contribution in [2.75, 3.05) is 13.2 Å². The van der Waals surface area contributed by atoms with E-state index in [0.29, 0.717) is 19.7 Å². The van der Waals surface area contributed by atoms with Crippen molar-refractivity contribution >= 4 is 30.6 Å². The van der Waals surface area contributed by atoms with Crippen LogP contribution in [0.1, 0.15) is 30.9 Å². The van der Waals surface area contributed by atoms with Gasteiger partial charge in [-0.2, -0.15) is 13.5 Å². The molecule has 200 valence electrons. The number of para-hydroxylation sites is 2. The molecule has 1 aliphatic rings. The van der Waals surface area contributed by atoms with E-state index in [0.717, 1.165) is 37.0 Å². The van der Waals surface area contributed by atoms with Gasteiger partial charge in [-0.25, -0.2) is 9.59 Å². The zero-order chi connectivity index (χ0) is 25.6. The summed E-state index contributed by atoms with van der Waals surface area (Å²) in [6.45, 7) is 5.05. The number of likely N-dealkylation sites (tertiary alicyclic amines) is 1. The first-order valence-electron chi connectivity index (χ1n) is 13.0. The number of carbonyl (C=O) groups is 1. The van der Waals surface area contributed by atoms with Crippen molar-refractivity contribution in [2.24, 2.45) is 0 Å². The summed E-state index contributed by atoms with van der Waals surface area (Å²) in [5.74, 6) is 0. The van der Waals surface area contributed by atoms with Crippen molar-refractivity contribution in [3.05, 3.63) is 107 Å². The number of aromatic nitrogens is 2. The van der Waals surface area contributed by atoms with E-state index in [4.69, 9.17) is 4.74 Å². The molecule has 1 N–H and O–H groups in total. The van der Waals surface area contributed by atoms with Gasteiger partial charge in [-0.1, -0.05) is 72.8 Å². The van der Waals surface area contributed by atoms with Crippen molar-refractivity contribution in [3.8, 4) is 0 Å². The SMILES string of the molecule is C[C@@H](COC(=O)N1CCCC1Cn1c(=O)[nH]c2ccccc21)N(Cc1ccccc1)Cc1ccccc1.S. The number of aromatic amines is 1. The number of fused-ring (bicyclic) bond motifs is 1. The van der Waals surface area contributed by atoms with Gasteiger partial charge in [0.05, 0.1) is 17.1 Å². The topological polar surface area (TPSA) is 70.6 Å². The van der Waals surface area contributed by atoms with Gasteiger partial charge in [0.15, 0.2) is 0 Å². The van der Waals surface area contributed by atoms with E-state index in [1.165, 1.54) is 11.1 Å². The molecule has 1 fully saturated rings. The Bertz CT molecular complexity index is 1330. The summed E-state index contributed by atoms with van der Waals surface area (Å²) < 4.78 is 7.59. The molecule has 0 aliphatic carbocycles. The van der Waals surface area contributed by atoms with Crippen molar-refractivity contribution in [1.29, 1.82) is 0 Å². The highest BCUT2D eigenvalue weighted by molar-refractivity contribution is 7.59. The molecule has 0 bridgehead atoms. The van der Waals surface area contributed by atoms with Crippen LogP contribution in [0.25, 0.3) is 11.0 Å².